The minimum Gasteiger partial charge on any atom is -0.355 e. The van der Waals surface area contributed by atoms with Crippen molar-refractivity contribution in [3.8, 4) is 0 Å². The van der Waals surface area contributed by atoms with Crippen LogP contribution in [-0.2, 0) is 9.47 Å². The molecule has 0 saturated carbocycles. The topological polar surface area (TPSA) is 76.6 Å². The van der Waals surface area contributed by atoms with E-state index in [2.05, 4.69) is 15.5 Å². The number of halogens is 3. The van der Waals surface area contributed by atoms with Crippen LogP contribution in [0, 0.1) is 17.5 Å². The number of benzene rings is 1. The molecule has 3 heterocycles. The van der Waals surface area contributed by atoms with Gasteiger partial charge in [-0.1, -0.05) is 0 Å². The van der Waals surface area contributed by atoms with Crippen molar-refractivity contribution in [2.24, 2.45) is 0 Å². The van der Waals surface area contributed by atoms with Gasteiger partial charge in [-0.25, -0.2) is 13.2 Å². The molecule has 1 N–H and O–H groups in total. The fourth-order valence-electron chi connectivity index (χ4n) is 3.31. The Morgan fingerprint density at radius 2 is 1.71 bits per heavy atom. The highest BCUT2D eigenvalue weighted by molar-refractivity contribution is 6.03. The third-order valence-electron chi connectivity index (χ3n) is 4.83. The zero-order valence-electron chi connectivity index (χ0n) is 14.8. The smallest absolute Gasteiger partial charge is 0.259 e. The van der Waals surface area contributed by atoms with Crippen molar-refractivity contribution in [1.29, 1.82) is 0 Å². The van der Waals surface area contributed by atoms with Gasteiger partial charge in [0.2, 0.25) is 0 Å². The number of nitrogens with one attached hydrogen (secondary N) is 1. The van der Waals surface area contributed by atoms with Crippen LogP contribution in [0.3, 0.4) is 0 Å². The molecule has 1 aromatic carbocycles. The first-order valence-electron chi connectivity index (χ1n) is 8.79. The Morgan fingerprint density at radius 3 is 2.36 bits per heavy atom. The highest BCUT2D eigenvalue weighted by atomic mass is 19.2. The van der Waals surface area contributed by atoms with E-state index in [-0.39, 0.29) is 5.82 Å². The van der Waals surface area contributed by atoms with Crippen molar-refractivity contribution in [3.63, 3.8) is 0 Å². The molecular weight excluding hydrogens is 377 g/mol. The van der Waals surface area contributed by atoms with Gasteiger partial charge in [0.15, 0.2) is 34.9 Å². The standard InChI is InChI=1S/C18H17F3N4O3/c19-12-2-1-11(15(20)16(12)21)17(26)22-13-3-4-14(24-23-13)25-7-5-18(6-8-25)27-9-10-28-18/h1-4H,5-10H2,(H,22,23,26). The second-order valence-corrected chi connectivity index (χ2v) is 6.55. The number of piperidine rings is 1. The van der Waals surface area contributed by atoms with E-state index in [1.165, 1.54) is 6.07 Å². The maximum Gasteiger partial charge on any atom is 0.259 e. The summed E-state index contributed by atoms with van der Waals surface area (Å²) in [5.41, 5.74) is -0.623. The fraction of sp³-hybridized carbons (Fsp3) is 0.389. The number of amides is 1. The number of hydrogen-bond donors (Lipinski definition) is 1. The molecule has 2 aromatic rings. The fourth-order valence-corrected chi connectivity index (χ4v) is 3.31. The largest absolute Gasteiger partial charge is 0.355 e. The molecule has 0 aliphatic carbocycles. The average molecular weight is 394 g/mol. The summed E-state index contributed by atoms with van der Waals surface area (Å²) in [4.78, 5) is 14.1. The Kier molecular flexibility index (Phi) is 4.90. The Balaban J connectivity index is 1.40. The van der Waals surface area contributed by atoms with E-state index in [1.807, 2.05) is 4.90 Å². The molecule has 4 rings (SSSR count). The zero-order valence-corrected chi connectivity index (χ0v) is 14.8. The first kappa shape index (κ1) is 18.6. The number of carbonyl (C=O) groups is 1. The van der Waals surface area contributed by atoms with Crippen molar-refractivity contribution in [2.75, 3.05) is 36.5 Å². The molecule has 148 valence electrons. The number of ether oxygens (including phenoxy) is 2. The van der Waals surface area contributed by atoms with E-state index in [1.54, 1.807) is 6.07 Å². The van der Waals surface area contributed by atoms with E-state index in [0.29, 0.717) is 51.0 Å². The van der Waals surface area contributed by atoms with Crippen molar-refractivity contribution >= 4 is 17.5 Å². The number of aromatic nitrogens is 2. The number of carbonyl (C=O) groups excluding carboxylic acids is 1. The van der Waals surface area contributed by atoms with E-state index >= 15 is 0 Å². The van der Waals surface area contributed by atoms with Crippen molar-refractivity contribution < 1.29 is 27.4 Å². The molecule has 0 bridgehead atoms. The summed E-state index contributed by atoms with van der Waals surface area (Å²) in [5.74, 6) is -5.39. The van der Waals surface area contributed by atoms with Crippen LogP contribution in [-0.4, -0.2) is 48.2 Å². The molecule has 2 fully saturated rings. The maximum atomic E-state index is 13.7. The Bertz CT molecular complexity index is 878. The molecular formula is C18H17F3N4O3. The van der Waals surface area contributed by atoms with Gasteiger partial charge in [-0.3, -0.25) is 4.79 Å². The zero-order chi connectivity index (χ0) is 19.7. The SMILES string of the molecule is O=C(Nc1ccc(N2CCC3(CC2)OCCO3)nn1)c1ccc(F)c(F)c1F. The lowest BCUT2D eigenvalue weighted by Gasteiger charge is -2.37. The lowest BCUT2D eigenvalue weighted by Crippen LogP contribution is -2.45. The van der Waals surface area contributed by atoms with Crippen molar-refractivity contribution in [3.05, 3.63) is 47.3 Å². The highest BCUT2D eigenvalue weighted by Crippen LogP contribution is 2.32. The quantitative estimate of drug-likeness (QED) is 0.807. The predicted octanol–water partition coefficient (Wildman–Crippen LogP) is 2.49. The Hall–Kier alpha value is -2.72. The summed E-state index contributed by atoms with van der Waals surface area (Å²) in [5, 5.41) is 10.3. The van der Waals surface area contributed by atoms with Gasteiger partial charge in [-0.2, -0.15) is 0 Å². The Morgan fingerprint density at radius 1 is 1.00 bits per heavy atom. The molecule has 1 spiro atoms. The first-order valence-corrected chi connectivity index (χ1v) is 8.79. The summed E-state index contributed by atoms with van der Waals surface area (Å²) in [6.07, 6.45) is 1.42. The third-order valence-corrected chi connectivity index (χ3v) is 4.83. The van der Waals surface area contributed by atoms with Gasteiger partial charge in [-0.15, -0.1) is 10.2 Å². The molecule has 10 heteroatoms. The van der Waals surface area contributed by atoms with Gasteiger partial charge in [0, 0.05) is 25.9 Å². The van der Waals surface area contributed by atoms with Crippen LogP contribution >= 0.6 is 0 Å². The number of anilines is 2. The van der Waals surface area contributed by atoms with Crippen LogP contribution in [0.15, 0.2) is 24.3 Å². The van der Waals surface area contributed by atoms with Gasteiger partial charge in [-0.05, 0) is 24.3 Å². The molecule has 0 unspecified atom stereocenters. The minimum absolute atomic E-state index is 0.0637. The maximum absolute atomic E-state index is 13.7. The number of nitrogens with zero attached hydrogens (tertiary/aromatic N) is 3. The molecule has 2 aliphatic rings. The lowest BCUT2D eigenvalue weighted by molar-refractivity contribution is -0.169. The van der Waals surface area contributed by atoms with Crippen LogP contribution in [0.4, 0.5) is 24.8 Å². The second kappa shape index (κ2) is 7.36. The van der Waals surface area contributed by atoms with Crippen molar-refractivity contribution in [2.45, 2.75) is 18.6 Å². The molecule has 7 nitrogen and oxygen atoms in total. The summed E-state index contributed by atoms with van der Waals surface area (Å²) in [7, 11) is 0. The summed E-state index contributed by atoms with van der Waals surface area (Å²) in [6.45, 7) is 2.57. The summed E-state index contributed by atoms with van der Waals surface area (Å²) < 4.78 is 51.3. The predicted molar refractivity (Wildman–Crippen MR) is 92.4 cm³/mol. The van der Waals surface area contributed by atoms with Gasteiger partial charge in [0.1, 0.15) is 0 Å². The molecule has 2 aliphatic heterocycles. The normalized spacial score (nSPS) is 18.5. The van der Waals surface area contributed by atoms with E-state index in [9.17, 15) is 18.0 Å². The summed E-state index contributed by atoms with van der Waals surface area (Å²) in [6, 6.07) is 4.72. The molecule has 0 atom stereocenters. The van der Waals surface area contributed by atoms with Crippen LogP contribution < -0.4 is 10.2 Å². The van der Waals surface area contributed by atoms with Crippen LogP contribution in [0.25, 0.3) is 0 Å². The summed E-state index contributed by atoms with van der Waals surface area (Å²) >= 11 is 0. The lowest BCUT2D eigenvalue weighted by atomic mass is 10.0. The minimum atomic E-state index is -1.70. The number of hydrogen-bond acceptors (Lipinski definition) is 6. The van der Waals surface area contributed by atoms with Crippen LogP contribution in [0.2, 0.25) is 0 Å². The number of rotatable bonds is 3. The average Bonchev–Trinajstić information content (AvgIpc) is 3.15. The molecule has 1 amide bonds. The van der Waals surface area contributed by atoms with Gasteiger partial charge < -0.3 is 19.7 Å². The van der Waals surface area contributed by atoms with E-state index in [0.717, 1.165) is 6.07 Å². The van der Waals surface area contributed by atoms with Crippen molar-refractivity contribution in [1.82, 2.24) is 10.2 Å². The second-order valence-electron chi connectivity index (χ2n) is 6.55. The molecule has 28 heavy (non-hydrogen) atoms. The van der Waals surface area contributed by atoms with Crippen LogP contribution in [0.5, 0.6) is 0 Å². The molecule has 1 aromatic heterocycles. The van der Waals surface area contributed by atoms with Gasteiger partial charge in [0.05, 0.1) is 18.8 Å². The molecule has 2 saturated heterocycles. The van der Waals surface area contributed by atoms with E-state index < -0.39 is 34.7 Å². The monoisotopic (exact) mass is 394 g/mol. The van der Waals surface area contributed by atoms with E-state index in [4.69, 9.17) is 9.47 Å². The first-order chi connectivity index (χ1) is 13.5. The van der Waals surface area contributed by atoms with Gasteiger partial charge in [0.25, 0.3) is 5.91 Å². The van der Waals surface area contributed by atoms with Gasteiger partial charge >= 0.3 is 0 Å². The Labute approximate surface area is 158 Å². The highest BCUT2D eigenvalue weighted by Gasteiger charge is 2.40. The van der Waals surface area contributed by atoms with Crippen LogP contribution in [0.1, 0.15) is 23.2 Å². The third kappa shape index (κ3) is 3.52. The molecule has 0 radical (unpaired) electrons.